The Balaban J connectivity index is 0.000000268. The summed E-state index contributed by atoms with van der Waals surface area (Å²) >= 11 is 0. The number of carbonyl (C=O) groups is 6. The third kappa shape index (κ3) is 20.4. The molecule has 1 aliphatic heterocycles. The molecule has 10 rings (SSSR count). The van der Waals surface area contributed by atoms with Crippen molar-refractivity contribution in [3.05, 3.63) is 252 Å². The van der Waals surface area contributed by atoms with Crippen molar-refractivity contribution in [2.75, 3.05) is 73.5 Å². The molecule has 18 nitrogen and oxygen atoms in total. The van der Waals surface area contributed by atoms with Crippen molar-refractivity contribution in [3.63, 3.8) is 0 Å². The molecule has 100 heavy (non-hydrogen) atoms. The second kappa shape index (κ2) is 36.6. The maximum absolute atomic E-state index is 13.4. The van der Waals surface area contributed by atoms with Gasteiger partial charge in [-0.25, -0.2) is 19.0 Å². The van der Waals surface area contributed by atoms with E-state index in [0.717, 1.165) is 76.3 Å². The number of rotatable bonds is 23. The van der Waals surface area contributed by atoms with Crippen LogP contribution in [0.1, 0.15) is 98.2 Å². The standard InChI is InChI=1S/C49H47N4O5P.C30H35N2O5P.CO2/c1-52(2)36-23-26-40-43(31-36)58-44-32-37(53(3)4)24-27-41(44)46(40)33-18-20-34(21-19-33)47(54)50-28-12-13-29-51-48(55)35-22-25-42(49(56)57-5)45(30-35)59(38-14-8-6-9-15-38)39-16-10-7-11-17-39;1-30(2,3)37-29(35)32-20-12-11-19-31-27(33)22-17-18-25(28(34)36-4)26(21-22)38(23-13-7-5-8-14-23)24-15-9-6-10-16-24;2-1-3/h6-11,14-27,30-32H,12-13,28-29H2,1-5H3,(H-,50,51,54,55);5-10,13-18,21H,11-12,19-20H2,1-4H3,(H,31,33)(H,32,35);/p+1. The molecule has 0 spiro atoms. The Morgan fingerprint density at radius 2 is 0.890 bits per heavy atom. The lowest BCUT2D eigenvalue weighted by atomic mass is 9.93. The second-order valence-electron chi connectivity index (χ2n) is 24.4. The van der Waals surface area contributed by atoms with Crippen LogP contribution in [0.3, 0.4) is 0 Å². The van der Waals surface area contributed by atoms with Gasteiger partial charge in [0.1, 0.15) is 31.0 Å². The minimum absolute atomic E-state index is 0.156. The number of methoxy groups -OCH3 is 2. The molecule has 0 unspecified atom stereocenters. The van der Waals surface area contributed by atoms with Crippen molar-refractivity contribution in [2.45, 2.75) is 52.1 Å². The number of hydrogen-bond acceptors (Lipinski definition) is 13. The average molecular weight is 1380 g/mol. The van der Waals surface area contributed by atoms with Crippen LogP contribution >= 0.6 is 15.8 Å². The van der Waals surface area contributed by atoms with Gasteiger partial charge in [0.25, 0.3) is 17.7 Å². The van der Waals surface area contributed by atoms with Gasteiger partial charge in [-0.15, -0.1) is 0 Å². The van der Waals surface area contributed by atoms with Gasteiger partial charge >= 0.3 is 24.2 Å². The smallest absolute Gasteiger partial charge is 0.407 e. The highest BCUT2D eigenvalue weighted by molar-refractivity contribution is 7.80. The highest BCUT2D eigenvalue weighted by Crippen LogP contribution is 2.41. The Labute approximate surface area is 585 Å². The Bertz CT molecular complexity index is 4440. The molecule has 1 heterocycles. The molecule has 2 aliphatic rings. The zero-order chi connectivity index (χ0) is 71.7. The molecule has 4 N–H and O–H groups in total. The molecule has 0 saturated carbocycles. The van der Waals surface area contributed by atoms with Crippen LogP contribution in [-0.4, -0.2) is 116 Å². The number of esters is 2. The number of amides is 4. The summed E-state index contributed by atoms with van der Waals surface area (Å²) in [5.41, 5.74) is 6.70. The van der Waals surface area contributed by atoms with Crippen LogP contribution in [0.5, 0.6) is 0 Å². The van der Waals surface area contributed by atoms with Gasteiger partial charge in [-0.05, 0) is 156 Å². The summed E-state index contributed by atoms with van der Waals surface area (Å²) in [6.45, 7) is 7.25. The van der Waals surface area contributed by atoms with Crippen LogP contribution in [0.25, 0.3) is 33.4 Å². The Kier molecular flexibility index (Phi) is 27.4. The van der Waals surface area contributed by atoms with E-state index in [1.165, 1.54) is 14.2 Å². The fraction of sp³-hybridized carbons (Fsp3) is 0.225. The maximum atomic E-state index is 13.4. The normalized spacial score (nSPS) is 10.8. The van der Waals surface area contributed by atoms with Gasteiger partial charge in [-0.1, -0.05) is 133 Å². The molecule has 0 saturated heterocycles. The monoisotopic (exact) mass is 1380 g/mol. The molecule has 20 heteroatoms. The third-order valence-corrected chi connectivity index (χ3v) is 20.7. The minimum atomic E-state index is -1.16. The van der Waals surface area contributed by atoms with Crippen LogP contribution in [0.15, 0.2) is 223 Å². The predicted octanol–water partition coefficient (Wildman–Crippen LogP) is 10.5. The van der Waals surface area contributed by atoms with Gasteiger partial charge in [0.05, 0.1) is 31.4 Å². The molecule has 514 valence electrons. The van der Waals surface area contributed by atoms with Crippen molar-refractivity contribution in [3.8, 4) is 22.5 Å². The van der Waals surface area contributed by atoms with E-state index in [-0.39, 0.29) is 23.9 Å². The van der Waals surface area contributed by atoms with Crippen molar-refractivity contribution in [1.82, 2.24) is 25.8 Å². The summed E-state index contributed by atoms with van der Waals surface area (Å²) in [6, 6.07) is 70.5. The molecule has 0 atom stereocenters. The lowest BCUT2D eigenvalue weighted by Gasteiger charge is -2.22. The first kappa shape index (κ1) is 74.9. The van der Waals surface area contributed by atoms with Crippen LogP contribution in [0.4, 0.5) is 10.5 Å². The number of alkyl carbamates (subject to hydrolysis) is 1. The quantitative estimate of drug-likeness (QED) is 0.0117. The van der Waals surface area contributed by atoms with Gasteiger partial charge in [-0.3, -0.25) is 14.4 Å². The number of benzene rings is 9. The van der Waals surface area contributed by atoms with E-state index >= 15 is 0 Å². The van der Waals surface area contributed by atoms with Gasteiger partial charge < -0.3 is 44.8 Å². The highest BCUT2D eigenvalue weighted by atomic mass is 31.1. The summed E-state index contributed by atoms with van der Waals surface area (Å²) in [4.78, 5) is 95.4. The van der Waals surface area contributed by atoms with E-state index in [9.17, 15) is 28.8 Å². The molecular weight excluding hydrogens is 1300 g/mol. The van der Waals surface area contributed by atoms with E-state index in [4.69, 9.17) is 28.2 Å². The van der Waals surface area contributed by atoms with Crippen LogP contribution in [0.2, 0.25) is 0 Å². The molecule has 0 radical (unpaired) electrons. The number of hydrogen-bond donors (Lipinski definition) is 4. The molecule has 8 aromatic rings. The van der Waals surface area contributed by atoms with E-state index in [1.54, 1.807) is 30.3 Å². The molecule has 0 bridgehead atoms. The number of anilines is 1. The molecule has 8 aromatic carbocycles. The first-order chi connectivity index (χ1) is 48.2. The molecule has 4 amide bonds. The molecule has 1 aliphatic carbocycles. The fourth-order valence-corrected chi connectivity index (χ4v) is 15.8. The Hall–Kier alpha value is -10.9. The van der Waals surface area contributed by atoms with Gasteiger partial charge in [0.15, 0.2) is 0 Å². The first-order valence-corrected chi connectivity index (χ1v) is 35.3. The maximum Gasteiger partial charge on any atom is 0.407 e. The third-order valence-electron chi connectivity index (χ3n) is 15.8. The molecule has 0 aromatic heterocycles. The SMILES string of the molecule is COC(=O)c1ccc(C(=O)NCCCCNC(=O)OC(C)(C)C)cc1P(c1ccccc1)c1ccccc1.COC(=O)c1ccc(C(=O)NCCCCNC(=O)c2ccc(-c3c4ccc(=[N+](C)C)cc-4oc4cc(N(C)C)ccc34)cc2)cc1P(c1ccccc1)c1ccccc1.O=C=O. The van der Waals surface area contributed by atoms with Crippen LogP contribution < -0.4 is 67.9 Å². The highest BCUT2D eigenvalue weighted by Gasteiger charge is 2.28. The zero-order valence-electron chi connectivity index (χ0n) is 57.6. The van der Waals surface area contributed by atoms with Crippen LogP contribution in [-0.2, 0) is 23.8 Å². The number of ether oxygens (including phenoxy) is 3. The van der Waals surface area contributed by atoms with Crippen molar-refractivity contribution >= 4 is 106 Å². The van der Waals surface area contributed by atoms with Crippen LogP contribution in [0, 0.1) is 0 Å². The van der Waals surface area contributed by atoms with Crippen molar-refractivity contribution in [2.24, 2.45) is 0 Å². The Morgan fingerprint density at radius 3 is 1.28 bits per heavy atom. The largest absolute Gasteiger partial charge is 0.465 e. The summed E-state index contributed by atoms with van der Waals surface area (Å²) in [5, 5.41) is 19.5. The summed E-state index contributed by atoms with van der Waals surface area (Å²) in [6.07, 6.45) is 2.53. The zero-order valence-corrected chi connectivity index (χ0v) is 59.4. The van der Waals surface area contributed by atoms with Crippen molar-refractivity contribution in [1.29, 1.82) is 0 Å². The lowest BCUT2D eigenvalue weighted by Crippen LogP contribution is -2.33. The second-order valence-corrected chi connectivity index (χ2v) is 28.7. The van der Waals surface area contributed by atoms with Crippen molar-refractivity contribution < 1.29 is 57.0 Å². The number of fused-ring (bicyclic) bond motifs is 2. The topological polar surface area (TPSA) is 232 Å². The number of nitrogens with zero attached hydrogens (tertiary/aromatic N) is 2. The average Bonchev–Trinajstić information content (AvgIpc) is 0.757. The first-order valence-electron chi connectivity index (χ1n) is 32.6. The molecule has 0 fully saturated rings. The van der Waals surface area contributed by atoms with Gasteiger partial charge in [0.2, 0.25) is 5.36 Å². The van der Waals surface area contributed by atoms with E-state index in [1.807, 2.05) is 201 Å². The summed E-state index contributed by atoms with van der Waals surface area (Å²) in [7, 11) is 8.49. The van der Waals surface area contributed by atoms with E-state index in [0.29, 0.717) is 79.7 Å². The Morgan fingerprint density at radius 1 is 0.490 bits per heavy atom. The minimum Gasteiger partial charge on any atom is -0.465 e. The predicted molar refractivity (Wildman–Crippen MR) is 397 cm³/mol. The summed E-state index contributed by atoms with van der Waals surface area (Å²) in [5.74, 6) is -0.711. The van der Waals surface area contributed by atoms with E-state index < -0.39 is 39.5 Å². The summed E-state index contributed by atoms with van der Waals surface area (Å²) < 4.78 is 24.0. The molecular formula is C80H83N6O12P2+. The number of unbranched alkanes of at least 4 members (excludes halogenated alkanes) is 2. The van der Waals surface area contributed by atoms with E-state index in [2.05, 4.69) is 67.1 Å². The van der Waals surface area contributed by atoms with Gasteiger partial charge in [-0.2, -0.15) is 9.59 Å². The fourth-order valence-electron chi connectivity index (χ4n) is 10.9. The van der Waals surface area contributed by atoms with Gasteiger partial charge in [0, 0.05) is 102 Å². The number of nitrogens with one attached hydrogen (secondary N) is 4. The lowest BCUT2D eigenvalue weighted by molar-refractivity contribution is -0.191. The number of carbonyl (C=O) groups excluding carboxylic acids is 8.